The van der Waals surface area contributed by atoms with Gasteiger partial charge in [-0.2, -0.15) is 0 Å². The van der Waals surface area contributed by atoms with Gasteiger partial charge in [-0.1, -0.05) is 24.2 Å². The average molecular weight is 483 g/mol. The van der Waals surface area contributed by atoms with Crippen LogP contribution < -0.4 is 10.2 Å². The van der Waals surface area contributed by atoms with Gasteiger partial charge >= 0.3 is 5.97 Å². The number of carbonyl (C=O) groups excluding carboxylic acids is 2. The molecule has 9 nitrogen and oxygen atoms in total. The predicted molar refractivity (Wildman–Crippen MR) is 113 cm³/mol. The molecule has 1 fully saturated rings. The van der Waals surface area contributed by atoms with Crippen molar-refractivity contribution in [3.63, 3.8) is 0 Å². The van der Waals surface area contributed by atoms with Crippen molar-refractivity contribution >= 4 is 55.6 Å². The fourth-order valence-electron chi connectivity index (χ4n) is 3.06. The number of nitro groups is 1. The van der Waals surface area contributed by atoms with Gasteiger partial charge in [-0.3, -0.25) is 20.2 Å². The Morgan fingerprint density at radius 1 is 1.28 bits per heavy atom. The Morgan fingerprint density at radius 2 is 2.00 bits per heavy atom. The molecule has 2 aromatic rings. The first kappa shape index (κ1) is 21.2. The Labute approximate surface area is 179 Å². The number of anilines is 2. The fourth-order valence-corrected chi connectivity index (χ4v) is 4.18. The van der Waals surface area contributed by atoms with Gasteiger partial charge in [-0.05, 0) is 40.9 Å². The minimum absolute atomic E-state index is 0.0278. The molecule has 11 heteroatoms. The number of esters is 1. The molecule has 1 N–H and O–H groups in total. The molecule has 0 saturated carbocycles. The van der Waals surface area contributed by atoms with Gasteiger partial charge in [0.05, 0.1) is 20.5 Å². The molecule has 0 unspecified atom stereocenters. The van der Waals surface area contributed by atoms with Crippen LogP contribution in [0.25, 0.3) is 0 Å². The molecule has 154 valence electrons. The van der Waals surface area contributed by atoms with Crippen LogP contribution in [-0.2, 0) is 9.53 Å². The summed E-state index contributed by atoms with van der Waals surface area (Å²) in [6.07, 6.45) is 5.71. The van der Waals surface area contributed by atoms with E-state index < -0.39 is 23.4 Å². The van der Waals surface area contributed by atoms with Gasteiger partial charge < -0.3 is 9.64 Å². The van der Waals surface area contributed by atoms with Crippen LogP contribution in [0.3, 0.4) is 0 Å². The van der Waals surface area contributed by atoms with Gasteiger partial charge in [0, 0.05) is 19.2 Å². The van der Waals surface area contributed by atoms with E-state index in [9.17, 15) is 19.7 Å². The molecule has 0 spiro atoms. The summed E-state index contributed by atoms with van der Waals surface area (Å²) >= 11 is 4.45. The van der Waals surface area contributed by atoms with E-state index in [1.54, 1.807) is 6.07 Å². The molecular weight excluding hydrogens is 464 g/mol. The van der Waals surface area contributed by atoms with Crippen molar-refractivity contribution < 1.29 is 19.2 Å². The highest BCUT2D eigenvalue weighted by molar-refractivity contribution is 9.11. The van der Waals surface area contributed by atoms with Gasteiger partial charge in [0.15, 0.2) is 11.7 Å². The number of thiazole rings is 1. The van der Waals surface area contributed by atoms with E-state index in [-0.39, 0.29) is 11.3 Å². The predicted octanol–water partition coefficient (Wildman–Crippen LogP) is 3.99. The molecule has 0 atom stereocenters. The quantitative estimate of drug-likeness (QED) is 0.375. The third-order valence-electron chi connectivity index (χ3n) is 4.41. The maximum atomic E-state index is 12.3. The fraction of sp³-hybridized carbons (Fsp3) is 0.389. The molecule has 0 radical (unpaired) electrons. The smallest absolute Gasteiger partial charge is 0.338 e. The Bertz CT molecular complexity index is 911. The summed E-state index contributed by atoms with van der Waals surface area (Å²) in [4.78, 5) is 41.1. The third-order valence-corrected chi connectivity index (χ3v) is 5.80. The number of carbonyl (C=O) groups is 2. The summed E-state index contributed by atoms with van der Waals surface area (Å²) in [7, 11) is 0. The second kappa shape index (κ2) is 9.79. The SMILES string of the molecule is O=C(COC(=O)c1ccc(N2CCCCCC2)c([N+](=O)[O-])c1)Nc1ncc(Br)s1. The summed E-state index contributed by atoms with van der Waals surface area (Å²) < 4.78 is 5.74. The standard InChI is InChI=1S/C18H19BrN4O5S/c19-15-10-20-18(29-15)21-16(24)11-28-17(25)12-5-6-13(14(9-12)23(26)27)22-7-3-1-2-4-8-22/h5-6,9-10H,1-4,7-8,11H2,(H,20,21,24). The van der Waals surface area contributed by atoms with Gasteiger partial charge in [-0.25, -0.2) is 9.78 Å². The molecule has 3 rings (SSSR count). The molecule has 1 aliphatic heterocycles. The minimum Gasteiger partial charge on any atom is -0.452 e. The first-order valence-corrected chi connectivity index (χ1v) is 10.7. The number of hydrogen-bond acceptors (Lipinski definition) is 8. The van der Waals surface area contributed by atoms with Crippen molar-refractivity contribution in [2.24, 2.45) is 0 Å². The number of nitro benzene ring substituents is 1. The van der Waals surface area contributed by atoms with Crippen LogP contribution in [-0.4, -0.2) is 41.5 Å². The Hall–Kier alpha value is -2.53. The van der Waals surface area contributed by atoms with Crippen molar-refractivity contribution in [1.82, 2.24) is 4.98 Å². The van der Waals surface area contributed by atoms with Gasteiger partial charge in [0.1, 0.15) is 5.69 Å². The number of aromatic nitrogens is 1. The highest BCUT2D eigenvalue weighted by Gasteiger charge is 2.23. The molecule has 29 heavy (non-hydrogen) atoms. The van der Waals surface area contributed by atoms with Crippen LogP contribution in [0.1, 0.15) is 36.0 Å². The highest BCUT2D eigenvalue weighted by Crippen LogP contribution is 2.31. The van der Waals surface area contributed by atoms with E-state index in [2.05, 4.69) is 26.2 Å². The lowest BCUT2D eigenvalue weighted by Gasteiger charge is -2.22. The molecule has 1 aromatic heterocycles. The second-order valence-electron chi connectivity index (χ2n) is 6.46. The largest absolute Gasteiger partial charge is 0.452 e. The van der Waals surface area contributed by atoms with Crippen LogP contribution in [0, 0.1) is 10.1 Å². The van der Waals surface area contributed by atoms with E-state index in [1.807, 2.05) is 4.90 Å². The van der Waals surface area contributed by atoms with Crippen LogP contribution in [0.15, 0.2) is 28.2 Å². The molecule has 0 bridgehead atoms. The summed E-state index contributed by atoms with van der Waals surface area (Å²) in [6.45, 7) is 0.979. The number of ether oxygens (including phenoxy) is 1. The first-order valence-electron chi connectivity index (χ1n) is 9.06. The number of nitrogens with one attached hydrogen (secondary N) is 1. The normalized spacial score (nSPS) is 14.2. The zero-order valence-corrected chi connectivity index (χ0v) is 17.8. The average Bonchev–Trinajstić information content (AvgIpc) is 2.94. The number of amides is 1. The Kier molecular flexibility index (Phi) is 7.15. The van der Waals surface area contributed by atoms with E-state index in [0.29, 0.717) is 10.8 Å². The lowest BCUT2D eigenvalue weighted by molar-refractivity contribution is -0.384. The number of halogens is 1. The Morgan fingerprint density at radius 3 is 2.62 bits per heavy atom. The second-order valence-corrected chi connectivity index (χ2v) is 8.87. The van der Waals surface area contributed by atoms with Crippen molar-refractivity contribution in [3.8, 4) is 0 Å². The summed E-state index contributed by atoms with van der Waals surface area (Å²) in [6, 6.07) is 4.27. The van der Waals surface area contributed by atoms with Crippen molar-refractivity contribution in [1.29, 1.82) is 0 Å². The van der Waals surface area contributed by atoms with E-state index in [1.165, 1.54) is 29.7 Å². The zero-order valence-electron chi connectivity index (χ0n) is 15.4. The monoisotopic (exact) mass is 482 g/mol. The maximum absolute atomic E-state index is 12.3. The van der Waals surface area contributed by atoms with Gasteiger partial charge in [-0.15, -0.1) is 0 Å². The molecule has 1 saturated heterocycles. The molecule has 1 amide bonds. The number of rotatable bonds is 6. The third kappa shape index (κ3) is 5.73. The zero-order chi connectivity index (χ0) is 20.8. The van der Waals surface area contributed by atoms with Crippen LogP contribution >= 0.6 is 27.3 Å². The summed E-state index contributed by atoms with van der Waals surface area (Å²) in [5, 5.41) is 14.4. The van der Waals surface area contributed by atoms with Gasteiger partial charge in [0.2, 0.25) is 0 Å². The van der Waals surface area contributed by atoms with Crippen LogP contribution in [0.5, 0.6) is 0 Å². The topological polar surface area (TPSA) is 115 Å². The highest BCUT2D eigenvalue weighted by atomic mass is 79.9. The molecule has 1 aliphatic rings. The van der Waals surface area contributed by atoms with Crippen LogP contribution in [0.4, 0.5) is 16.5 Å². The molecule has 0 aliphatic carbocycles. The maximum Gasteiger partial charge on any atom is 0.338 e. The molecule has 1 aromatic carbocycles. The molecule has 2 heterocycles. The lowest BCUT2D eigenvalue weighted by Crippen LogP contribution is -2.25. The number of hydrogen-bond donors (Lipinski definition) is 1. The molecular formula is C18H19BrN4O5S. The van der Waals surface area contributed by atoms with E-state index in [0.717, 1.165) is 42.6 Å². The van der Waals surface area contributed by atoms with Crippen molar-refractivity contribution in [2.75, 3.05) is 29.9 Å². The van der Waals surface area contributed by atoms with Gasteiger partial charge in [0.25, 0.3) is 11.6 Å². The Balaban J connectivity index is 1.66. The van der Waals surface area contributed by atoms with E-state index in [4.69, 9.17) is 4.74 Å². The number of benzene rings is 1. The summed E-state index contributed by atoms with van der Waals surface area (Å²) in [5.41, 5.74) is 0.388. The van der Waals surface area contributed by atoms with E-state index >= 15 is 0 Å². The first-order chi connectivity index (χ1) is 13.9. The van der Waals surface area contributed by atoms with Crippen molar-refractivity contribution in [2.45, 2.75) is 25.7 Å². The minimum atomic E-state index is -0.800. The lowest BCUT2D eigenvalue weighted by atomic mass is 10.1. The summed E-state index contributed by atoms with van der Waals surface area (Å²) in [5.74, 6) is -1.35. The van der Waals surface area contributed by atoms with Crippen LogP contribution in [0.2, 0.25) is 0 Å². The van der Waals surface area contributed by atoms with Crippen molar-refractivity contribution in [3.05, 3.63) is 43.9 Å². The number of nitrogens with zero attached hydrogens (tertiary/aromatic N) is 3.